The normalized spacial score (nSPS) is 15.7. The van der Waals surface area contributed by atoms with Crippen molar-refractivity contribution in [2.24, 2.45) is 0 Å². The van der Waals surface area contributed by atoms with Crippen LogP contribution in [0, 0.1) is 10.1 Å². The van der Waals surface area contributed by atoms with Crippen molar-refractivity contribution < 1.29 is 9.86 Å². The van der Waals surface area contributed by atoms with Gasteiger partial charge >= 0.3 is 5.82 Å². The van der Waals surface area contributed by atoms with Crippen molar-refractivity contribution in [3.05, 3.63) is 21.8 Å². The zero-order chi connectivity index (χ0) is 8.27. The minimum absolute atomic E-state index is 0.137. The van der Waals surface area contributed by atoms with Gasteiger partial charge in [0.05, 0.1) is 0 Å². The van der Waals surface area contributed by atoms with Crippen molar-refractivity contribution in [1.82, 2.24) is 21.8 Å². The van der Waals surface area contributed by atoms with Gasteiger partial charge in [-0.1, -0.05) is 10.4 Å². The molecule has 0 saturated heterocycles. The molecular weight excluding hydrogens is 154 g/mol. The molecule has 0 fully saturated rings. The largest absolute Gasteiger partial charge is 0.392 e. The molecule has 0 aromatic rings. The maximum absolute atomic E-state index is 10.2. The van der Waals surface area contributed by atoms with E-state index in [-0.39, 0.29) is 11.6 Å². The Morgan fingerprint density at radius 3 is 2.91 bits per heavy atom. The summed E-state index contributed by atoms with van der Waals surface area (Å²) < 4.78 is 0. The molecule has 8 nitrogen and oxygen atoms in total. The highest BCUT2D eigenvalue weighted by Crippen LogP contribution is 1.99. The summed E-state index contributed by atoms with van der Waals surface area (Å²) in [5.74, 6) is -0.128. The molecule has 62 valence electrons. The van der Waals surface area contributed by atoms with Gasteiger partial charge in [-0.3, -0.25) is 5.43 Å². The molecule has 0 aromatic carbocycles. The van der Waals surface area contributed by atoms with Crippen LogP contribution in [0.5, 0.6) is 0 Å². The van der Waals surface area contributed by atoms with Gasteiger partial charge in [-0.2, -0.15) is 5.48 Å². The van der Waals surface area contributed by atoms with Crippen LogP contribution in [0.2, 0.25) is 0 Å². The van der Waals surface area contributed by atoms with Gasteiger partial charge in [0, 0.05) is 7.05 Å². The molecule has 8 heteroatoms. The Hall–Kier alpha value is -1.54. The van der Waals surface area contributed by atoms with Crippen LogP contribution in [-0.4, -0.2) is 12.0 Å². The molecule has 1 aliphatic heterocycles. The fraction of sp³-hybridized carbons (Fsp3) is 0.333. The van der Waals surface area contributed by atoms with Gasteiger partial charge in [0.25, 0.3) is 0 Å². The smallest absolute Gasteiger partial charge is 0.358 e. The average molecular weight is 161 g/mol. The van der Waals surface area contributed by atoms with E-state index in [1.165, 1.54) is 0 Å². The van der Waals surface area contributed by atoms with Gasteiger partial charge < -0.3 is 10.1 Å². The van der Waals surface area contributed by atoms with Crippen LogP contribution in [0.15, 0.2) is 11.6 Å². The van der Waals surface area contributed by atoms with E-state index in [0.29, 0.717) is 0 Å². The fourth-order valence-electron chi connectivity index (χ4n) is 0.563. The van der Waals surface area contributed by atoms with Crippen molar-refractivity contribution in [3.8, 4) is 0 Å². The van der Waals surface area contributed by atoms with Crippen LogP contribution in [0.4, 0.5) is 0 Å². The van der Waals surface area contributed by atoms with Crippen LogP contribution in [0.25, 0.3) is 0 Å². The van der Waals surface area contributed by atoms with Crippen LogP contribution < -0.4 is 21.8 Å². The van der Waals surface area contributed by atoms with E-state index in [9.17, 15) is 10.1 Å². The van der Waals surface area contributed by atoms with Gasteiger partial charge in [-0.05, 0) is 4.92 Å². The number of hydrogen-bond acceptors (Lipinski definition) is 7. The Labute approximate surface area is 61.6 Å². The predicted molar refractivity (Wildman–Crippen MR) is 33.6 cm³/mol. The van der Waals surface area contributed by atoms with E-state index in [1.807, 2.05) is 0 Å². The van der Waals surface area contributed by atoms with Crippen LogP contribution in [0.1, 0.15) is 0 Å². The first-order valence-corrected chi connectivity index (χ1v) is 2.75. The topological polar surface area (TPSA) is 100 Å². The summed E-state index contributed by atoms with van der Waals surface area (Å²) >= 11 is 0. The number of hydroxylamine groups is 2. The SMILES string of the molecule is CNNC1=C([N+](=O)[O-])NON1. The number of hydrazine groups is 1. The maximum Gasteiger partial charge on any atom is 0.392 e. The van der Waals surface area contributed by atoms with Gasteiger partial charge in [0.2, 0.25) is 5.82 Å². The lowest BCUT2D eigenvalue weighted by Crippen LogP contribution is -2.33. The van der Waals surface area contributed by atoms with E-state index in [0.717, 1.165) is 0 Å². The number of nitrogens with one attached hydrogen (secondary N) is 4. The monoisotopic (exact) mass is 161 g/mol. The van der Waals surface area contributed by atoms with E-state index >= 15 is 0 Å². The Morgan fingerprint density at radius 2 is 2.36 bits per heavy atom. The first kappa shape index (κ1) is 7.57. The van der Waals surface area contributed by atoms with E-state index in [4.69, 9.17) is 0 Å². The number of nitrogens with zero attached hydrogens (tertiary/aromatic N) is 1. The number of nitro groups is 1. The molecule has 1 rings (SSSR count). The van der Waals surface area contributed by atoms with Crippen molar-refractivity contribution in [3.63, 3.8) is 0 Å². The molecule has 11 heavy (non-hydrogen) atoms. The molecule has 0 atom stereocenters. The summed E-state index contributed by atoms with van der Waals surface area (Å²) in [4.78, 5) is 13.9. The third-order valence-electron chi connectivity index (χ3n) is 0.970. The molecule has 0 spiro atoms. The Morgan fingerprint density at radius 1 is 1.64 bits per heavy atom. The molecule has 0 amide bonds. The molecule has 0 radical (unpaired) electrons. The van der Waals surface area contributed by atoms with Crippen molar-refractivity contribution in [2.75, 3.05) is 7.05 Å². The first-order chi connectivity index (χ1) is 5.25. The van der Waals surface area contributed by atoms with Gasteiger partial charge in [0.1, 0.15) is 0 Å². The van der Waals surface area contributed by atoms with Crippen LogP contribution >= 0.6 is 0 Å². The third kappa shape index (κ3) is 1.48. The maximum atomic E-state index is 10.2. The van der Waals surface area contributed by atoms with Crippen molar-refractivity contribution in [2.45, 2.75) is 0 Å². The molecule has 0 saturated carbocycles. The Kier molecular flexibility index (Phi) is 2.09. The van der Waals surface area contributed by atoms with Crippen LogP contribution in [0.3, 0.4) is 0 Å². The lowest BCUT2D eigenvalue weighted by atomic mass is 10.7. The minimum Gasteiger partial charge on any atom is -0.358 e. The highest BCUT2D eigenvalue weighted by atomic mass is 16.8. The second kappa shape index (κ2) is 3.03. The standard InChI is InChI=1S/C3H7N5O3/c1-4-5-2-3(8(9)10)7-11-6-2/h4-7H,1H3. The van der Waals surface area contributed by atoms with Gasteiger partial charge in [-0.15, -0.1) is 0 Å². The molecule has 4 N–H and O–H groups in total. The molecule has 0 aromatic heterocycles. The Balaban J connectivity index is 2.69. The average Bonchev–Trinajstić information content (AvgIpc) is 2.36. The fourth-order valence-corrected chi connectivity index (χ4v) is 0.563. The highest BCUT2D eigenvalue weighted by Gasteiger charge is 2.24. The van der Waals surface area contributed by atoms with Gasteiger partial charge in [0.15, 0.2) is 0 Å². The highest BCUT2D eigenvalue weighted by molar-refractivity contribution is 5.00. The van der Waals surface area contributed by atoms with E-state index in [2.05, 4.69) is 26.8 Å². The van der Waals surface area contributed by atoms with Gasteiger partial charge in [-0.25, -0.2) is 5.43 Å². The summed E-state index contributed by atoms with van der Waals surface area (Å²) in [5, 5.41) is 10.2. The van der Waals surface area contributed by atoms with Crippen LogP contribution in [-0.2, 0) is 4.94 Å². The zero-order valence-corrected chi connectivity index (χ0v) is 5.67. The lowest BCUT2D eigenvalue weighted by molar-refractivity contribution is -0.438. The molecular formula is C3H7N5O3. The lowest BCUT2D eigenvalue weighted by Gasteiger charge is -2.00. The quantitative estimate of drug-likeness (QED) is 0.285. The molecule has 1 aliphatic rings. The van der Waals surface area contributed by atoms with Crippen molar-refractivity contribution >= 4 is 0 Å². The molecule has 0 aliphatic carbocycles. The third-order valence-corrected chi connectivity index (χ3v) is 0.970. The molecule has 0 unspecified atom stereocenters. The summed E-state index contributed by atoms with van der Waals surface area (Å²) in [6, 6.07) is 0. The minimum atomic E-state index is -0.611. The van der Waals surface area contributed by atoms with Crippen molar-refractivity contribution in [1.29, 1.82) is 0 Å². The Bertz CT molecular complexity index is 201. The molecule has 0 bridgehead atoms. The zero-order valence-electron chi connectivity index (χ0n) is 5.67. The molecule has 1 heterocycles. The predicted octanol–water partition coefficient (Wildman–Crippen LogP) is -1.85. The van der Waals surface area contributed by atoms with E-state index in [1.54, 1.807) is 7.05 Å². The summed E-state index contributed by atoms with van der Waals surface area (Å²) in [6.07, 6.45) is 0. The summed E-state index contributed by atoms with van der Waals surface area (Å²) in [6.45, 7) is 0. The number of rotatable bonds is 3. The number of hydrogen-bond donors (Lipinski definition) is 4. The van der Waals surface area contributed by atoms with E-state index < -0.39 is 4.92 Å². The second-order valence-electron chi connectivity index (χ2n) is 1.66. The summed E-state index contributed by atoms with van der Waals surface area (Å²) in [5.41, 5.74) is 9.26. The first-order valence-electron chi connectivity index (χ1n) is 2.75. The second-order valence-corrected chi connectivity index (χ2v) is 1.66. The summed E-state index contributed by atoms with van der Waals surface area (Å²) in [7, 11) is 1.57.